The minimum Gasteiger partial charge on any atom is -0.465 e. The lowest BCUT2D eigenvalue weighted by Crippen LogP contribution is -2.45. The van der Waals surface area contributed by atoms with Crippen molar-refractivity contribution < 1.29 is 18.7 Å². The zero-order valence-corrected chi connectivity index (χ0v) is 12.3. The molecule has 1 saturated heterocycles. The molecule has 2 fully saturated rings. The van der Waals surface area contributed by atoms with E-state index >= 15 is 0 Å². The molecule has 5 heteroatoms. The second-order valence-corrected chi connectivity index (χ2v) is 6.09. The summed E-state index contributed by atoms with van der Waals surface area (Å²) in [6.07, 6.45) is 5.00. The van der Waals surface area contributed by atoms with Crippen LogP contribution in [0.3, 0.4) is 0 Å². The Hall–Kier alpha value is -1.78. The van der Waals surface area contributed by atoms with Gasteiger partial charge in [0.05, 0.1) is 18.9 Å². The van der Waals surface area contributed by atoms with Crippen LogP contribution in [0.4, 0.5) is 0 Å². The Morgan fingerprint density at radius 1 is 1.33 bits per heavy atom. The van der Waals surface area contributed by atoms with Gasteiger partial charge >= 0.3 is 5.97 Å². The Bertz CT molecular complexity index is 542. The number of amides is 1. The maximum absolute atomic E-state index is 12.5. The van der Waals surface area contributed by atoms with Gasteiger partial charge in [-0.25, -0.2) is 0 Å². The second-order valence-electron chi connectivity index (χ2n) is 6.09. The maximum Gasteiger partial charge on any atom is 0.307 e. The number of nitrogens with one attached hydrogen (secondary N) is 1. The lowest BCUT2D eigenvalue weighted by molar-refractivity contribution is -0.153. The Morgan fingerprint density at radius 2 is 2.10 bits per heavy atom. The molecule has 0 bridgehead atoms. The van der Waals surface area contributed by atoms with Crippen LogP contribution in [0.15, 0.2) is 16.5 Å². The second kappa shape index (κ2) is 5.54. The minimum absolute atomic E-state index is 0.100. The summed E-state index contributed by atoms with van der Waals surface area (Å²) >= 11 is 0. The van der Waals surface area contributed by atoms with Gasteiger partial charge in [-0.05, 0) is 44.7 Å². The van der Waals surface area contributed by atoms with Gasteiger partial charge in [0.15, 0.2) is 0 Å². The fourth-order valence-electron chi connectivity index (χ4n) is 3.50. The molecule has 0 aromatic carbocycles. The first kappa shape index (κ1) is 14.2. The molecule has 1 aliphatic carbocycles. The monoisotopic (exact) mass is 291 g/mol. The molecule has 1 spiro atoms. The molecular formula is C16H21NO4. The average Bonchev–Trinajstić information content (AvgIpc) is 3.01. The molecule has 1 atom stereocenters. The number of carbonyl (C=O) groups is 2. The summed E-state index contributed by atoms with van der Waals surface area (Å²) in [6.45, 7) is 2.22. The zero-order valence-electron chi connectivity index (χ0n) is 12.3. The molecule has 1 N–H and O–H groups in total. The Labute approximate surface area is 124 Å². The largest absolute Gasteiger partial charge is 0.465 e. The predicted molar refractivity (Wildman–Crippen MR) is 75.3 cm³/mol. The van der Waals surface area contributed by atoms with Crippen LogP contribution in [0.2, 0.25) is 0 Å². The molecule has 3 rings (SSSR count). The summed E-state index contributed by atoms with van der Waals surface area (Å²) in [4.78, 5) is 24.1. The Morgan fingerprint density at radius 3 is 2.76 bits per heavy atom. The van der Waals surface area contributed by atoms with Crippen LogP contribution >= 0.6 is 0 Å². The number of carbonyl (C=O) groups excluding carboxylic acids is 2. The van der Waals surface area contributed by atoms with Crippen LogP contribution in [-0.4, -0.2) is 17.5 Å². The molecule has 1 aliphatic heterocycles. The molecule has 0 unspecified atom stereocenters. The molecule has 1 amide bonds. The lowest BCUT2D eigenvalue weighted by atomic mass is 9.75. The summed E-state index contributed by atoms with van der Waals surface area (Å²) < 4.78 is 11.0. The third-order valence-electron chi connectivity index (χ3n) is 4.57. The van der Waals surface area contributed by atoms with E-state index in [1.807, 2.05) is 19.1 Å². The van der Waals surface area contributed by atoms with E-state index in [0.717, 1.165) is 43.6 Å². The summed E-state index contributed by atoms with van der Waals surface area (Å²) in [5.41, 5.74) is -0.557. The van der Waals surface area contributed by atoms with Gasteiger partial charge in [-0.2, -0.15) is 0 Å². The fraction of sp³-hybridized carbons (Fsp3) is 0.625. The van der Waals surface area contributed by atoms with Crippen molar-refractivity contribution in [1.82, 2.24) is 5.32 Å². The number of rotatable bonds is 3. The predicted octanol–water partition coefficient (Wildman–Crippen LogP) is 2.47. The van der Waals surface area contributed by atoms with Gasteiger partial charge in [0.25, 0.3) is 0 Å². The van der Waals surface area contributed by atoms with Gasteiger partial charge in [-0.1, -0.05) is 6.42 Å². The highest BCUT2D eigenvalue weighted by atomic mass is 16.6. The Kier molecular flexibility index (Phi) is 3.74. The molecule has 5 nitrogen and oxygen atoms in total. The van der Waals surface area contributed by atoms with Crippen LogP contribution in [-0.2, 0) is 20.9 Å². The van der Waals surface area contributed by atoms with Crippen LogP contribution < -0.4 is 5.32 Å². The topological polar surface area (TPSA) is 68.5 Å². The van der Waals surface area contributed by atoms with E-state index in [1.165, 1.54) is 0 Å². The van der Waals surface area contributed by atoms with E-state index in [2.05, 4.69) is 5.32 Å². The Balaban J connectivity index is 1.66. The van der Waals surface area contributed by atoms with Crippen molar-refractivity contribution >= 4 is 11.9 Å². The van der Waals surface area contributed by atoms with Crippen molar-refractivity contribution in [3.05, 3.63) is 23.7 Å². The minimum atomic E-state index is -0.557. The molecule has 21 heavy (non-hydrogen) atoms. The number of aryl methyl sites for hydroxylation is 1. The number of ether oxygens (including phenoxy) is 1. The highest BCUT2D eigenvalue weighted by Crippen LogP contribution is 2.44. The van der Waals surface area contributed by atoms with E-state index in [9.17, 15) is 9.59 Å². The molecular weight excluding hydrogens is 270 g/mol. The third-order valence-corrected chi connectivity index (χ3v) is 4.57. The van der Waals surface area contributed by atoms with Crippen molar-refractivity contribution in [3.63, 3.8) is 0 Å². The average molecular weight is 291 g/mol. The number of esters is 1. The van der Waals surface area contributed by atoms with Crippen molar-refractivity contribution in [2.24, 2.45) is 5.92 Å². The first-order valence-electron chi connectivity index (χ1n) is 7.64. The van der Waals surface area contributed by atoms with Crippen LogP contribution in [0, 0.1) is 12.8 Å². The van der Waals surface area contributed by atoms with E-state index in [0.29, 0.717) is 6.54 Å². The van der Waals surface area contributed by atoms with Crippen LogP contribution in [0.25, 0.3) is 0 Å². The van der Waals surface area contributed by atoms with Gasteiger partial charge in [-0.3, -0.25) is 9.59 Å². The van der Waals surface area contributed by atoms with Gasteiger partial charge < -0.3 is 14.5 Å². The fourth-order valence-corrected chi connectivity index (χ4v) is 3.50. The standard InChI is InChI=1S/C16H21NO4/c1-11-5-6-12(20-11)10-17-15(19)13-9-14(18)21-16(13)7-3-2-4-8-16/h5-6,13H,2-4,7-10H2,1H3,(H,17,19)/t13-/m0/s1. The van der Waals surface area contributed by atoms with E-state index in [-0.39, 0.29) is 24.2 Å². The van der Waals surface area contributed by atoms with Gasteiger partial charge in [0.1, 0.15) is 17.1 Å². The highest BCUT2D eigenvalue weighted by Gasteiger charge is 2.52. The van der Waals surface area contributed by atoms with E-state index in [4.69, 9.17) is 9.15 Å². The number of hydrogen-bond acceptors (Lipinski definition) is 4. The summed E-state index contributed by atoms with van der Waals surface area (Å²) in [5.74, 6) is 0.843. The van der Waals surface area contributed by atoms with E-state index < -0.39 is 5.60 Å². The molecule has 1 saturated carbocycles. The highest BCUT2D eigenvalue weighted by molar-refractivity contribution is 5.87. The summed E-state index contributed by atoms with van der Waals surface area (Å²) in [7, 11) is 0. The maximum atomic E-state index is 12.5. The molecule has 1 aromatic heterocycles. The van der Waals surface area contributed by atoms with Crippen molar-refractivity contribution in [2.75, 3.05) is 0 Å². The van der Waals surface area contributed by atoms with Gasteiger partial charge in [0.2, 0.25) is 5.91 Å². The first-order chi connectivity index (χ1) is 10.1. The van der Waals surface area contributed by atoms with Gasteiger partial charge in [0, 0.05) is 0 Å². The molecule has 2 aliphatic rings. The summed E-state index contributed by atoms with van der Waals surface area (Å²) in [6, 6.07) is 3.72. The molecule has 2 heterocycles. The zero-order chi connectivity index (χ0) is 14.9. The van der Waals surface area contributed by atoms with Crippen molar-refractivity contribution in [3.8, 4) is 0 Å². The molecule has 1 aromatic rings. The number of hydrogen-bond donors (Lipinski definition) is 1. The third kappa shape index (κ3) is 2.82. The quantitative estimate of drug-likeness (QED) is 0.869. The van der Waals surface area contributed by atoms with Crippen LogP contribution in [0.5, 0.6) is 0 Å². The van der Waals surface area contributed by atoms with E-state index in [1.54, 1.807) is 0 Å². The SMILES string of the molecule is Cc1ccc(CNC(=O)[C@@H]2CC(=O)OC23CCCCC3)o1. The van der Waals surface area contributed by atoms with Crippen LogP contribution in [0.1, 0.15) is 50.0 Å². The van der Waals surface area contributed by atoms with Gasteiger partial charge in [-0.15, -0.1) is 0 Å². The smallest absolute Gasteiger partial charge is 0.307 e. The lowest BCUT2D eigenvalue weighted by Gasteiger charge is -2.35. The molecule has 0 radical (unpaired) electrons. The normalized spacial score (nSPS) is 24.0. The van der Waals surface area contributed by atoms with Crippen molar-refractivity contribution in [2.45, 2.75) is 57.6 Å². The van der Waals surface area contributed by atoms with Crippen molar-refractivity contribution in [1.29, 1.82) is 0 Å². The molecule has 114 valence electrons. The number of furan rings is 1. The first-order valence-corrected chi connectivity index (χ1v) is 7.64. The summed E-state index contributed by atoms with van der Waals surface area (Å²) in [5, 5.41) is 2.88.